The van der Waals surface area contributed by atoms with Crippen molar-refractivity contribution in [1.82, 2.24) is 25.3 Å². The number of benzene rings is 1. The minimum Gasteiger partial charge on any atom is -0.477 e. The fourth-order valence-electron chi connectivity index (χ4n) is 4.24. The van der Waals surface area contributed by atoms with Gasteiger partial charge in [-0.15, -0.1) is 0 Å². The molecule has 2 unspecified atom stereocenters. The van der Waals surface area contributed by atoms with Crippen molar-refractivity contribution in [2.45, 2.75) is 24.7 Å². The van der Waals surface area contributed by atoms with Gasteiger partial charge in [0.25, 0.3) is 0 Å². The number of hydrogen-bond donors (Lipinski definition) is 3. The highest BCUT2D eigenvalue weighted by molar-refractivity contribution is 6.31. The molecule has 3 N–H and O–H groups in total. The van der Waals surface area contributed by atoms with Crippen LogP contribution in [0.15, 0.2) is 48.9 Å². The number of hydrazine groups is 1. The molecule has 1 saturated heterocycles. The smallest absolute Gasteiger partial charge is 0.409 e. The first-order valence-electron chi connectivity index (χ1n) is 12.0. The molecule has 0 radical (unpaired) electrons. The number of ether oxygens (including phenoxy) is 1. The predicted octanol–water partition coefficient (Wildman–Crippen LogP) is 4.63. The molecule has 5 rings (SSSR count). The maximum atomic E-state index is 13.6. The van der Waals surface area contributed by atoms with Gasteiger partial charge >= 0.3 is 12.1 Å². The third-order valence-electron chi connectivity index (χ3n) is 6.25. The van der Waals surface area contributed by atoms with Gasteiger partial charge in [-0.05, 0) is 43.8 Å². The van der Waals surface area contributed by atoms with E-state index in [1.54, 1.807) is 0 Å². The van der Waals surface area contributed by atoms with Crippen molar-refractivity contribution in [3.8, 4) is 17.0 Å². The fraction of sp³-hybridized carbons (Fsp3) is 0.280. The summed E-state index contributed by atoms with van der Waals surface area (Å²) in [6.45, 7) is 1.41. The lowest BCUT2D eigenvalue weighted by Gasteiger charge is -2.23. The highest BCUT2D eigenvalue weighted by atomic mass is 35.5. The van der Waals surface area contributed by atoms with Crippen molar-refractivity contribution in [2.24, 2.45) is 0 Å². The first-order valence-corrected chi connectivity index (χ1v) is 12.3. The standard InChI is InChI=1S/C25H22ClF4N7O3/c1-36-6-4-15(12-36)40-22-16(23(38)39)8-13(10-31-22)17-11-32-24(33-14-2-3-19(27)18(26)9-14)34-21(17)37-7-5-20(35-37)25(28,29)30/h2-3,5,7-11,15,20,35H,4,6,12H2,1H3,(H,38,39)(H,32,33,34). The van der Waals surface area contributed by atoms with E-state index in [9.17, 15) is 27.5 Å². The molecule has 40 heavy (non-hydrogen) atoms. The molecule has 2 aliphatic heterocycles. The quantitative estimate of drug-likeness (QED) is 0.342. The van der Waals surface area contributed by atoms with Crippen LogP contribution in [0.25, 0.3) is 11.1 Å². The number of carboxylic acids is 1. The fourth-order valence-corrected chi connectivity index (χ4v) is 4.42. The average Bonchev–Trinajstić information content (AvgIpc) is 3.56. The highest BCUT2D eigenvalue weighted by Crippen LogP contribution is 2.35. The SMILES string of the molecule is CN1CCC(Oc2ncc(-c3cnc(Nc4ccc(F)c(Cl)c4)nc3N3C=CC(C(F)(F)F)N3)cc2C(=O)O)C1. The Morgan fingerprint density at radius 1 is 1.25 bits per heavy atom. The largest absolute Gasteiger partial charge is 0.477 e. The summed E-state index contributed by atoms with van der Waals surface area (Å²) in [4.78, 5) is 26.9. The molecule has 210 valence electrons. The van der Waals surface area contributed by atoms with Crippen LogP contribution in [0.3, 0.4) is 0 Å². The number of pyridine rings is 1. The number of alkyl halides is 3. The molecule has 0 amide bonds. The molecule has 2 atom stereocenters. The molecular weight excluding hydrogens is 558 g/mol. The van der Waals surface area contributed by atoms with Crippen molar-refractivity contribution >= 4 is 35.0 Å². The summed E-state index contributed by atoms with van der Waals surface area (Å²) in [5.74, 6) is -2.06. The van der Waals surface area contributed by atoms with Gasteiger partial charge in [-0.2, -0.15) is 18.2 Å². The maximum Gasteiger partial charge on any atom is 0.409 e. The Labute approximate surface area is 230 Å². The molecule has 0 spiro atoms. The number of halogens is 5. The van der Waals surface area contributed by atoms with E-state index in [1.807, 2.05) is 11.9 Å². The van der Waals surface area contributed by atoms with Crippen molar-refractivity contribution in [1.29, 1.82) is 0 Å². The summed E-state index contributed by atoms with van der Waals surface area (Å²) in [5, 5.41) is 13.6. The summed E-state index contributed by atoms with van der Waals surface area (Å²) in [7, 11) is 1.92. The lowest BCUT2D eigenvalue weighted by atomic mass is 10.1. The molecule has 0 saturated carbocycles. The van der Waals surface area contributed by atoms with Crippen LogP contribution >= 0.6 is 11.6 Å². The summed E-state index contributed by atoms with van der Waals surface area (Å²) in [6.07, 6.45) is 0.618. The minimum atomic E-state index is -4.57. The van der Waals surface area contributed by atoms with Crippen molar-refractivity contribution < 1.29 is 32.2 Å². The van der Waals surface area contributed by atoms with E-state index in [4.69, 9.17) is 16.3 Å². The van der Waals surface area contributed by atoms with Gasteiger partial charge in [0.05, 0.1) is 5.02 Å². The molecule has 2 aromatic heterocycles. The molecule has 10 nitrogen and oxygen atoms in total. The molecule has 15 heteroatoms. The molecule has 1 fully saturated rings. The maximum absolute atomic E-state index is 13.6. The summed E-state index contributed by atoms with van der Waals surface area (Å²) >= 11 is 5.84. The molecule has 0 aliphatic carbocycles. The normalized spacial score (nSPS) is 19.3. The zero-order valence-corrected chi connectivity index (χ0v) is 21.5. The van der Waals surface area contributed by atoms with Crippen molar-refractivity contribution in [2.75, 3.05) is 30.5 Å². The number of likely N-dealkylation sites (tertiary alicyclic amines) is 1. The first kappa shape index (κ1) is 27.6. The second-order valence-electron chi connectivity index (χ2n) is 9.22. The van der Waals surface area contributed by atoms with E-state index < -0.39 is 24.0 Å². The predicted molar refractivity (Wildman–Crippen MR) is 138 cm³/mol. The van der Waals surface area contributed by atoms with Gasteiger partial charge in [0.2, 0.25) is 11.8 Å². The number of nitrogens with zero attached hydrogens (tertiary/aromatic N) is 5. The third-order valence-corrected chi connectivity index (χ3v) is 6.54. The van der Waals surface area contributed by atoms with Gasteiger partial charge in [-0.3, -0.25) is 5.01 Å². The second kappa shape index (κ2) is 10.9. The van der Waals surface area contributed by atoms with Gasteiger partial charge in [0, 0.05) is 48.5 Å². The van der Waals surface area contributed by atoms with E-state index in [2.05, 4.69) is 25.7 Å². The Hall–Kier alpha value is -4.01. The molecular formula is C25H22ClF4N7O3. The number of likely N-dealkylation sites (N-methyl/N-ethyl adjacent to an activating group) is 1. The lowest BCUT2D eigenvalue weighted by Crippen LogP contribution is -2.44. The van der Waals surface area contributed by atoms with Gasteiger partial charge in [0.15, 0.2) is 5.82 Å². The van der Waals surface area contributed by atoms with Crippen LogP contribution in [0.1, 0.15) is 16.8 Å². The first-order chi connectivity index (χ1) is 19.0. The Morgan fingerprint density at radius 2 is 2.05 bits per heavy atom. The Bertz CT molecular complexity index is 1470. The Balaban J connectivity index is 1.52. The minimum absolute atomic E-state index is 0.0297. The van der Waals surface area contributed by atoms with Crippen LogP contribution in [-0.4, -0.2) is 69.4 Å². The number of rotatable bonds is 7. The molecule has 1 aromatic carbocycles. The Kier molecular flexibility index (Phi) is 7.49. The second-order valence-corrected chi connectivity index (χ2v) is 9.62. The number of aromatic nitrogens is 3. The number of anilines is 3. The monoisotopic (exact) mass is 579 g/mol. The van der Waals surface area contributed by atoms with Gasteiger partial charge in [-0.25, -0.2) is 24.6 Å². The average molecular weight is 580 g/mol. The van der Waals surface area contributed by atoms with E-state index in [1.165, 1.54) is 30.6 Å². The Morgan fingerprint density at radius 3 is 2.70 bits per heavy atom. The van der Waals surface area contributed by atoms with Crippen molar-refractivity contribution in [3.63, 3.8) is 0 Å². The zero-order valence-electron chi connectivity index (χ0n) is 20.8. The van der Waals surface area contributed by atoms with Crippen LogP contribution in [-0.2, 0) is 0 Å². The van der Waals surface area contributed by atoms with Crippen LogP contribution in [0, 0.1) is 5.82 Å². The number of aromatic carboxylic acids is 1. The number of hydrogen-bond acceptors (Lipinski definition) is 9. The lowest BCUT2D eigenvalue weighted by molar-refractivity contribution is -0.142. The van der Waals surface area contributed by atoms with Gasteiger partial charge in [-0.1, -0.05) is 11.6 Å². The summed E-state index contributed by atoms with van der Waals surface area (Å²) < 4.78 is 59.5. The van der Waals surface area contributed by atoms with Crippen molar-refractivity contribution in [3.05, 3.63) is 65.3 Å². The van der Waals surface area contributed by atoms with Crippen LogP contribution in [0.2, 0.25) is 5.02 Å². The van der Waals surface area contributed by atoms with E-state index >= 15 is 0 Å². The molecule has 2 aliphatic rings. The molecule has 4 heterocycles. The third kappa shape index (κ3) is 5.93. The van der Waals surface area contributed by atoms with Crippen LogP contribution in [0.4, 0.5) is 35.0 Å². The van der Waals surface area contributed by atoms with E-state index in [0.29, 0.717) is 18.7 Å². The highest BCUT2D eigenvalue weighted by Gasteiger charge is 2.41. The van der Waals surface area contributed by atoms with E-state index in [-0.39, 0.29) is 45.5 Å². The summed E-state index contributed by atoms with van der Waals surface area (Å²) in [5.41, 5.74) is 2.83. The topological polar surface area (TPSA) is 116 Å². The van der Waals surface area contributed by atoms with Crippen LogP contribution in [0.5, 0.6) is 5.88 Å². The molecule has 0 bridgehead atoms. The summed E-state index contributed by atoms with van der Waals surface area (Å²) in [6, 6.07) is 3.14. The van der Waals surface area contributed by atoms with Gasteiger partial charge in [0.1, 0.15) is 23.5 Å². The molecule has 3 aromatic rings. The van der Waals surface area contributed by atoms with Crippen LogP contribution < -0.4 is 20.5 Å². The number of carboxylic acid groups (broad SMARTS) is 1. The van der Waals surface area contributed by atoms with E-state index in [0.717, 1.165) is 29.9 Å². The van der Waals surface area contributed by atoms with Gasteiger partial charge < -0.3 is 20.1 Å². The number of carbonyl (C=O) groups is 1. The zero-order chi connectivity index (χ0) is 28.6. The number of nitrogens with one attached hydrogen (secondary N) is 2.